The van der Waals surface area contributed by atoms with Gasteiger partial charge in [0.05, 0.1) is 6.10 Å². The van der Waals surface area contributed by atoms with Gasteiger partial charge in [-0.2, -0.15) is 0 Å². The lowest BCUT2D eigenvalue weighted by molar-refractivity contribution is 0.0925. The van der Waals surface area contributed by atoms with Crippen LogP contribution in [0.25, 0.3) is 0 Å². The van der Waals surface area contributed by atoms with Gasteiger partial charge in [0.1, 0.15) is 0 Å². The zero-order valence-corrected chi connectivity index (χ0v) is 15.5. The molecule has 1 heterocycles. The third-order valence-electron chi connectivity index (χ3n) is 4.09. The number of aliphatic imine (C=N–C) groups is 1. The third kappa shape index (κ3) is 4.84. The highest BCUT2D eigenvalue weighted by Gasteiger charge is 2.29. The third-order valence-corrected chi connectivity index (χ3v) is 4.09. The number of hydrogen-bond acceptors (Lipinski definition) is 2. The minimum atomic E-state index is 0. The molecule has 2 unspecified atom stereocenters. The predicted molar refractivity (Wildman–Crippen MR) is 101 cm³/mol. The maximum Gasteiger partial charge on any atom is 0.191 e. The summed E-state index contributed by atoms with van der Waals surface area (Å²) in [6.45, 7) is 4.67. The van der Waals surface area contributed by atoms with E-state index in [4.69, 9.17) is 9.73 Å². The zero-order valence-electron chi connectivity index (χ0n) is 13.1. The number of nitrogens with zero attached hydrogens (tertiary/aromatic N) is 1. The molecule has 4 nitrogen and oxygen atoms in total. The minimum absolute atomic E-state index is 0. The molecule has 5 heteroatoms. The minimum Gasteiger partial charge on any atom is -0.373 e. The van der Waals surface area contributed by atoms with Crippen LogP contribution in [0.5, 0.6) is 0 Å². The van der Waals surface area contributed by atoms with Crippen LogP contribution in [0.2, 0.25) is 0 Å². The summed E-state index contributed by atoms with van der Waals surface area (Å²) in [5.41, 5.74) is 1.27. The van der Waals surface area contributed by atoms with Gasteiger partial charge in [-0.15, -0.1) is 24.0 Å². The molecule has 0 radical (unpaired) electrons. The maximum absolute atomic E-state index is 5.93. The molecule has 0 spiro atoms. The van der Waals surface area contributed by atoms with Crippen LogP contribution in [0.15, 0.2) is 35.3 Å². The molecule has 1 aromatic carbocycles. The van der Waals surface area contributed by atoms with E-state index in [2.05, 4.69) is 47.9 Å². The molecule has 2 fully saturated rings. The molecule has 2 N–H and O–H groups in total. The van der Waals surface area contributed by atoms with Crippen molar-refractivity contribution < 1.29 is 4.74 Å². The van der Waals surface area contributed by atoms with Gasteiger partial charge in [0.25, 0.3) is 0 Å². The predicted octanol–water partition coefficient (Wildman–Crippen LogP) is 3.10. The number of guanidine groups is 1. The summed E-state index contributed by atoms with van der Waals surface area (Å²) in [6, 6.07) is 11.1. The maximum atomic E-state index is 5.93. The topological polar surface area (TPSA) is 45.7 Å². The first-order valence-corrected chi connectivity index (χ1v) is 8.08. The molecule has 0 amide bonds. The van der Waals surface area contributed by atoms with Crippen molar-refractivity contribution in [2.45, 2.75) is 38.3 Å². The molecule has 1 aromatic rings. The van der Waals surface area contributed by atoms with Gasteiger partial charge >= 0.3 is 0 Å². The number of ether oxygens (including phenoxy) is 1. The van der Waals surface area contributed by atoms with Crippen LogP contribution < -0.4 is 10.6 Å². The summed E-state index contributed by atoms with van der Waals surface area (Å²) < 4.78 is 5.93. The van der Waals surface area contributed by atoms with E-state index in [9.17, 15) is 0 Å². The fourth-order valence-electron chi connectivity index (χ4n) is 2.78. The van der Waals surface area contributed by atoms with E-state index < -0.39 is 0 Å². The SMILES string of the molecule is CCNC(=NCC1CCOC1c1ccccc1)NC1CC1.I. The lowest BCUT2D eigenvalue weighted by Crippen LogP contribution is -2.39. The highest BCUT2D eigenvalue weighted by Crippen LogP contribution is 2.34. The van der Waals surface area contributed by atoms with Gasteiger partial charge in [0, 0.05) is 31.7 Å². The molecule has 2 atom stereocenters. The molecule has 1 aliphatic heterocycles. The molecular weight excluding hydrogens is 389 g/mol. The summed E-state index contributed by atoms with van der Waals surface area (Å²) in [7, 11) is 0. The fraction of sp³-hybridized carbons (Fsp3) is 0.588. The second-order valence-electron chi connectivity index (χ2n) is 5.89. The fourth-order valence-corrected chi connectivity index (χ4v) is 2.78. The Hall–Kier alpha value is -0.820. The average molecular weight is 415 g/mol. The molecule has 0 bridgehead atoms. The molecule has 2 aliphatic rings. The van der Waals surface area contributed by atoms with Gasteiger partial charge in [-0.3, -0.25) is 4.99 Å². The van der Waals surface area contributed by atoms with E-state index in [1.807, 2.05) is 0 Å². The lowest BCUT2D eigenvalue weighted by atomic mass is 9.95. The number of halogens is 1. The highest BCUT2D eigenvalue weighted by atomic mass is 127. The van der Waals surface area contributed by atoms with Crippen LogP contribution in [-0.2, 0) is 4.74 Å². The Morgan fingerprint density at radius 2 is 2.00 bits per heavy atom. The smallest absolute Gasteiger partial charge is 0.191 e. The first-order valence-electron chi connectivity index (χ1n) is 8.08. The molecule has 122 valence electrons. The van der Waals surface area contributed by atoms with Gasteiger partial charge in [-0.1, -0.05) is 30.3 Å². The number of nitrogens with one attached hydrogen (secondary N) is 2. The van der Waals surface area contributed by atoms with Crippen LogP contribution in [0, 0.1) is 5.92 Å². The molecule has 22 heavy (non-hydrogen) atoms. The van der Waals surface area contributed by atoms with Crippen LogP contribution in [-0.4, -0.2) is 31.7 Å². The van der Waals surface area contributed by atoms with Gasteiger partial charge in [0.15, 0.2) is 5.96 Å². The molecule has 1 saturated heterocycles. The number of hydrogen-bond donors (Lipinski definition) is 2. The Balaban J connectivity index is 0.00000176. The van der Waals surface area contributed by atoms with Crippen molar-refractivity contribution in [3.05, 3.63) is 35.9 Å². The Morgan fingerprint density at radius 1 is 1.23 bits per heavy atom. The van der Waals surface area contributed by atoms with E-state index in [-0.39, 0.29) is 30.1 Å². The standard InChI is InChI=1S/C17H25N3O.HI/c1-2-18-17(20-15-8-9-15)19-12-14-10-11-21-16(14)13-6-4-3-5-7-13;/h3-7,14-16H,2,8-12H2,1H3,(H2,18,19,20);1H. The van der Waals surface area contributed by atoms with Crippen LogP contribution in [0.1, 0.15) is 37.9 Å². The summed E-state index contributed by atoms with van der Waals surface area (Å²) in [5, 5.41) is 6.80. The monoisotopic (exact) mass is 415 g/mol. The van der Waals surface area contributed by atoms with Crippen molar-refractivity contribution in [2.24, 2.45) is 10.9 Å². The molecule has 3 rings (SSSR count). The summed E-state index contributed by atoms with van der Waals surface area (Å²) in [4.78, 5) is 4.77. The van der Waals surface area contributed by atoms with Crippen LogP contribution >= 0.6 is 24.0 Å². The average Bonchev–Trinajstić information content (AvgIpc) is 3.20. The van der Waals surface area contributed by atoms with E-state index in [0.29, 0.717) is 12.0 Å². The second kappa shape index (κ2) is 8.72. The van der Waals surface area contributed by atoms with Gasteiger partial charge in [0.2, 0.25) is 0 Å². The Labute approximate surface area is 150 Å². The number of rotatable bonds is 5. The number of benzene rings is 1. The molecule has 1 saturated carbocycles. The van der Waals surface area contributed by atoms with E-state index in [1.54, 1.807) is 0 Å². The first-order chi connectivity index (χ1) is 10.4. The van der Waals surface area contributed by atoms with Crippen molar-refractivity contribution in [1.82, 2.24) is 10.6 Å². The summed E-state index contributed by atoms with van der Waals surface area (Å²) in [6.07, 6.45) is 3.82. The van der Waals surface area contributed by atoms with Crippen molar-refractivity contribution in [3.8, 4) is 0 Å². The zero-order chi connectivity index (χ0) is 14.5. The first kappa shape index (κ1) is 17.5. The van der Waals surface area contributed by atoms with Crippen molar-refractivity contribution >= 4 is 29.9 Å². The molecular formula is C17H26IN3O. The largest absolute Gasteiger partial charge is 0.373 e. The Bertz CT molecular complexity index is 476. The summed E-state index contributed by atoms with van der Waals surface area (Å²) >= 11 is 0. The van der Waals surface area contributed by atoms with E-state index in [0.717, 1.165) is 32.1 Å². The van der Waals surface area contributed by atoms with Crippen molar-refractivity contribution in [3.63, 3.8) is 0 Å². The van der Waals surface area contributed by atoms with Crippen molar-refractivity contribution in [2.75, 3.05) is 19.7 Å². The van der Waals surface area contributed by atoms with E-state index >= 15 is 0 Å². The van der Waals surface area contributed by atoms with Crippen LogP contribution in [0.4, 0.5) is 0 Å². The molecule has 1 aliphatic carbocycles. The van der Waals surface area contributed by atoms with Gasteiger partial charge in [-0.25, -0.2) is 0 Å². The summed E-state index contributed by atoms with van der Waals surface area (Å²) in [5.74, 6) is 1.43. The Kier molecular flexibility index (Phi) is 6.95. The quantitative estimate of drug-likeness (QED) is 0.442. The Morgan fingerprint density at radius 3 is 2.68 bits per heavy atom. The lowest BCUT2D eigenvalue weighted by Gasteiger charge is -2.18. The van der Waals surface area contributed by atoms with Crippen molar-refractivity contribution in [1.29, 1.82) is 0 Å². The van der Waals surface area contributed by atoms with E-state index in [1.165, 1.54) is 18.4 Å². The highest BCUT2D eigenvalue weighted by molar-refractivity contribution is 14.0. The van der Waals surface area contributed by atoms with Crippen LogP contribution in [0.3, 0.4) is 0 Å². The van der Waals surface area contributed by atoms with Gasteiger partial charge < -0.3 is 15.4 Å². The molecule has 0 aromatic heterocycles. The normalized spacial score (nSPS) is 24.7. The second-order valence-corrected chi connectivity index (χ2v) is 5.89. The van der Waals surface area contributed by atoms with Gasteiger partial charge in [-0.05, 0) is 31.7 Å².